The lowest BCUT2D eigenvalue weighted by Crippen LogP contribution is -2.36. The van der Waals surface area contributed by atoms with Crippen LogP contribution in [0.2, 0.25) is 0 Å². The third kappa shape index (κ3) is 3.82. The molecule has 1 atom stereocenters. The molecule has 1 fully saturated rings. The second-order valence-electron chi connectivity index (χ2n) is 5.31. The van der Waals surface area contributed by atoms with Crippen LogP contribution in [-0.4, -0.2) is 15.8 Å². The molecule has 96 valence electrons. The Morgan fingerprint density at radius 3 is 2.88 bits per heavy atom. The summed E-state index contributed by atoms with van der Waals surface area (Å²) in [6.07, 6.45) is 13.0. The van der Waals surface area contributed by atoms with Crippen molar-refractivity contribution in [3.8, 4) is 0 Å². The minimum absolute atomic E-state index is 0.457. The number of nitrogens with two attached hydrogens (primary N) is 1. The maximum absolute atomic E-state index is 5.65. The minimum Gasteiger partial charge on any atom is -0.276 e. The largest absolute Gasteiger partial charge is 0.276 e. The molecule has 0 aromatic carbocycles. The van der Waals surface area contributed by atoms with Gasteiger partial charge in [0, 0.05) is 19.3 Å². The van der Waals surface area contributed by atoms with Crippen molar-refractivity contribution in [3.05, 3.63) is 18.0 Å². The van der Waals surface area contributed by atoms with Gasteiger partial charge in [-0.3, -0.25) is 16.0 Å². The third-order valence-corrected chi connectivity index (χ3v) is 3.87. The molecule has 1 aliphatic rings. The van der Waals surface area contributed by atoms with E-state index in [4.69, 9.17) is 5.84 Å². The number of aromatic nitrogens is 2. The van der Waals surface area contributed by atoms with Crippen molar-refractivity contribution in [2.45, 2.75) is 51.0 Å². The number of nitrogens with zero attached hydrogens (tertiary/aromatic N) is 2. The maximum atomic E-state index is 5.65. The molecule has 0 spiro atoms. The topological polar surface area (TPSA) is 55.9 Å². The number of aryl methyl sites for hydroxylation is 2. The van der Waals surface area contributed by atoms with Crippen molar-refractivity contribution in [2.24, 2.45) is 18.8 Å². The van der Waals surface area contributed by atoms with Gasteiger partial charge >= 0.3 is 0 Å². The molecule has 1 aromatic rings. The summed E-state index contributed by atoms with van der Waals surface area (Å²) in [5, 5.41) is 4.19. The Kier molecular flexibility index (Phi) is 4.57. The van der Waals surface area contributed by atoms with E-state index in [0.717, 1.165) is 18.8 Å². The molecule has 1 heterocycles. The lowest BCUT2D eigenvalue weighted by molar-refractivity contribution is 0.375. The second-order valence-corrected chi connectivity index (χ2v) is 5.31. The predicted octanol–water partition coefficient (Wildman–Crippen LogP) is 1.76. The standard InChI is InChI=1S/C13H24N4/c1-17-10-12(9-15-17)6-7-13(16-14)8-11-4-2-3-5-11/h9-11,13,16H,2-8,14H2,1H3. The lowest BCUT2D eigenvalue weighted by atomic mass is 9.95. The molecule has 0 amide bonds. The normalized spacial score (nSPS) is 18.7. The third-order valence-electron chi connectivity index (χ3n) is 3.87. The van der Waals surface area contributed by atoms with E-state index in [9.17, 15) is 0 Å². The summed E-state index contributed by atoms with van der Waals surface area (Å²) >= 11 is 0. The Morgan fingerprint density at radius 2 is 2.29 bits per heavy atom. The summed E-state index contributed by atoms with van der Waals surface area (Å²) in [5.41, 5.74) is 4.28. The van der Waals surface area contributed by atoms with E-state index in [1.165, 1.54) is 37.7 Å². The molecule has 1 saturated carbocycles. The summed E-state index contributed by atoms with van der Waals surface area (Å²) in [5.74, 6) is 6.54. The highest BCUT2D eigenvalue weighted by molar-refractivity contribution is 5.03. The van der Waals surface area contributed by atoms with E-state index in [1.807, 2.05) is 17.9 Å². The van der Waals surface area contributed by atoms with Crippen LogP contribution in [0.25, 0.3) is 0 Å². The average Bonchev–Trinajstić information content (AvgIpc) is 2.96. The van der Waals surface area contributed by atoms with Crippen molar-refractivity contribution in [2.75, 3.05) is 0 Å². The summed E-state index contributed by atoms with van der Waals surface area (Å²) in [6, 6.07) is 0.457. The molecule has 3 N–H and O–H groups in total. The predicted molar refractivity (Wildman–Crippen MR) is 69.2 cm³/mol. The summed E-state index contributed by atoms with van der Waals surface area (Å²) in [6.45, 7) is 0. The number of hydrogen-bond acceptors (Lipinski definition) is 3. The van der Waals surface area contributed by atoms with Gasteiger partial charge in [-0.15, -0.1) is 0 Å². The van der Waals surface area contributed by atoms with Crippen LogP contribution in [-0.2, 0) is 13.5 Å². The zero-order chi connectivity index (χ0) is 12.1. The van der Waals surface area contributed by atoms with Crippen molar-refractivity contribution in [1.29, 1.82) is 0 Å². The average molecular weight is 236 g/mol. The summed E-state index contributed by atoms with van der Waals surface area (Å²) in [7, 11) is 1.96. The Balaban J connectivity index is 1.74. The molecule has 0 aliphatic heterocycles. The summed E-state index contributed by atoms with van der Waals surface area (Å²) in [4.78, 5) is 0. The fourth-order valence-electron chi connectivity index (χ4n) is 2.86. The first kappa shape index (κ1) is 12.6. The number of rotatable bonds is 6. The maximum Gasteiger partial charge on any atom is 0.0521 e. The van der Waals surface area contributed by atoms with Gasteiger partial charge in [-0.05, 0) is 30.7 Å². The monoisotopic (exact) mass is 236 g/mol. The Bertz CT molecular complexity index is 328. The fourth-order valence-corrected chi connectivity index (χ4v) is 2.86. The van der Waals surface area contributed by atoms with Gasteiger partial charge in [0.25, 0.3) is 0 Å². The van der Waals surface area contributed by atoms with Gasteiger partial charge in [-0.1, -0.05) is 25.7 Å². The fraction of sp³-hybridized carbons (Fsp3) is 0.769. The quantitative estimate of drug-likeness (QED) is 0.584. The first-order valence-electron chi connectivity index (χ1n) is 6.71. The van der Waals surface area contributed by atoms with E-state index < -0.39 is 0 Å². The zero-order valence-corrected chi connectivity index (χ0v) is 10.7. The number of nitrogens with one attached hydrogen (secondary N) is 1. The van der Waals surface area contributed by atoms with E-state index in [0.29, 0.717) is 6.04 Å². The first-order valence-corrected chi connectivity index (χ1v) is 6.71. The van der Waals surface area contributed by atoms with Gasteiger partial charge in [0.2, 0.25) is 0 Å². The highest BCUT2D eigenvalue weighted by atomic mass is 15.2. The Labute approximate surface area is 104 Å². The molecule has 2 rings (SSSR count). The molecule has 4 heteroatoms. The lowest BCUT2D eigenvalue weighted by Gasteiger charge is -2.19. The molecule has 17 heavy (non-hydrogen) atoms. The second kappa shape index (κ2) is 6.17. The van der Waals surface area contributed by atoms with E-state index >= 15 is 0 Å². The molecule has 1 aromatic heterocycles. The van der Waals surface area contributed by atoms with Crippen LogP contribution < -0.4 is 11.3 Å². The SMILES string of the molecule is Cn1cc(CCC(CC2CCCC2)NN)cn1. The van der Waals surface area contributed by atoms with Crippen molar-refractivity contribution in [3.63, 3.8) is 0 Å². The first-order chi connectivity index (χ1) is 8.28. The van der Waals surface area contributed by atoms with Crippen molar-refractivity contribution < 1.29 is 0 Å². The smallest absolute Gasteiger partial charge is 0.0521 e. The van der Waals surface area contributed by atoms with E-state index in [1.54, 1.807) is 0 Å². The van der Waals surface area contributed by atoms with Gasteiger partial charge in [0.05, 0.1) is 6.20 Å². The number of hydrazine groups is 1. The van der Waals surface area contributed by atoms with Gasteiger partial charge in [0.15, 0.2) is 0 Å². The van der Waals surface area contributed by atoms with Crippen LogP contribution in [0.5, 0.6) is 0 Å². The van der Waals surface area contributed by atoms with E-state index in [2.05, 4.69) is 16.7 Å². The van der Waals surface area contributed by atoms with Gasteiger partial charge in [-0.25, -0.2) is 0 Å². The van der Waals surface area contributed by atoms with E-state index in [-0.39, 0.29) is 0 Å². The van der Waals surface area contributed by atoms with Crippen LogP contribution in [0.15, 0.2) is 12.4 Å². The highest BCUT2D eigenvalue weighted by Crippen LogP contribution is 2.29. The molecule has 0 bridgehead atoms. The van der Waals surface area contributed by atoms with Crippen LogP contribution in [0.4, 0.5) is 0 Å². The highest BCUT2D eigenvalue weighted by Gasteiger charge is 2.19. The van der Waals surface area contributed by atoms with Gasteiger partial charge in [-0.2, -0.15) is 5.10 Å². The minimum atomic E-state index is 0.457. The van der Waals surface area contributed by atoms with Crippen molar-refractivity contribution in [1.82, 2.24) is 15.2 Å². The Morgan fingerprint density at radius 1 is 1.53 bits per heavy atom. The van der Waals surface area contributed by atoms with Gasteiger partial charge in [0.1, 0.15) is 0 Å². The molecular weight excluding hydrogens is 212 g/mol. The summed E-state index contributed by atoms with van der Waals surface area (Å²) < 4.78 is 1.86. The molecule has 4 nitrogen and oxygen atoms in total. The van der Waals surface area contributed by atoms with Crippen LogP contribution in [0.3, 0.4) is 0 Å². The zero-order valence-electron chi connectivity index (χ0n) is 10.7. The van der Waals surface area contributed by atoms with Gasteiger partial charge < -0.3 is 0 Å². The molecular formula is C13H24N4. The number of hydrogen-bond donors (Lipinski definition) is 2. The molecule has 1 aliphatic carbocycles. The van der Waals surface area contributed by atoms with Crippen LogP contribution in [0.1, 0.15) is 44.1 Å². The van der Waals surface area contributed by atoms with Crippen molar-refractivity contribution >= 4 is 0 Å². The van der Waals surface area contributed by atoms with Crippen LogP contribution in [0, 0.1) is 5.92 Å². The molecule has 0 saturated heterocycles. The van der Waals surface area contributed by atoms with Crippen LogP contribution >= 0.6 is 0 Å². The Hall–Kier alpha value is -0.870. The molecule has 0 radical (unpaired) electrons. The molecule has 1 unspecified atom stereocenters.